The summed E-state index contributed by atoms with van der Waals surface area (Å²) in [7, 11) is 0. The number of nitrogens with one attached hydrogen (secondary N) is 1. The van der Waals surface area contributed by atoms with Gasteiger partial charge in [-0.05, 0) is 25.1 Å². The van der Waals surface area contributed by atoms with Gasteiger partial charge in [0.05, 0.1) is 17.1 Å². The van der Waals surface area contributed by atoms with Crippen LogP contribution in [0.15, 0.2) is 18.2 Å². The lowest BCUT2D eigenvalue weighted by Crippen LogP contribution is -1.73. The summed E-state index contributed by atoms with van der Waals surface area (Å²) >= 11 is 0. The third kappa shape index (κ3) is 1.74. The number of rotatable bonds is 0. The molecule has 0 saturated carbocycles. The Morgan fingerprint density at radius 3 is 2.71 bits per heavy atom. The molecule has 0 aliphatic carbocycles. The number of nitrogens with zero attached hydrogens (tertiary/aromatic N) is 2. The van der Waals surface area contributed by atoms with Crippen molar-refractivity contribution in [1.29, 1.82) is 5.26 Å². The average molecular weight is 187 g/mol. The standard InChI is InChI=1S/C9H7N3.C2H6/c1-6-8-3-2-7(5-10)4-9(8)12-11-6;1-2/h2-4H,1H3,(H,11,12);1-2H3. The van der Waals surface area contributed by atoms with E-state index in [9.17, 15) is 0 Å². The molecule has 3 heteroatoms. The molecule has 72 valence electrons. The van der Waals surface area contributed by atoms with Crippen molar-refractivity contribution >= 4 is 10.9 Å². The molecule has 0 amide bonds. The van der Waals surface area contributed by atoms with Gasteiger partial charge in [0.1, 0.15) is 0 Å². The zero-order valence-corrected chi connectivity index (χ0v) is 8.63. The highest BCUT2D eigenvalue weighted by molar-refractivity contribution is 5.82. The van der Waals surface area contributed by atoms with E-state index in [1.807, 2.05) is 26.8 Å². The van der Waals surface area contributed by atoms with Gasteiger partial charge in [0.15, 0.2) is 0 Å². The molecule has 0 unspecified atom stereocenters. The van der Waals surface area contributed by atoms with Crippen LogP contribution in [0.25, 0.3) is 10.9 Å². The summed E-state index contributed by atoms with van der Waals surface area (Å²) in [6.07, 6.45) is 0. The maximum Gasteiger partial charge on any atom is 0.0992 e. The Balaban J connectivity index is 0.000000461. The molecule has 0 aliphatic rings. The highest BCUT2D eigenvalue weighted by Crippen LogP contribution is 2.15. The molecule has 1 N–H and O–H groups in total. The summed E-state index contributed by atoms with van der Waals surface area (Å²) in [5, 5.41) is 16.6. The number of aryl methyl sites for hydroxylation is 1. The number of fused-ring (bicyclic) bond motifs is 1. The van der Waals surface area contributed by atoms with E-state index in [-0.39, 0.29) is 0 Å². The molecule has 2 aromatic rings. The Labute approximate surface area is 83.4 Å². The molecule has 0 spiro atoms. The van der Waals surface area contributed by atoms with E-state index in [0.29, 0.717) is 5.56 Å². The summed E-state index contributed by atoms with van der Waals surface area (Å²) in [4.78, 5) is 0. The lowest BCUT2D eigenvalue weighted by molar-refractivity contribution is 1.07. The molecule has 0 atom stereocenters. The van der Waals surface area contributed by atoms with Crippen LogP contribution in [0.2, 0.25) is 0 Å². The molecule has 0 radical (unpaired) electrons. The van der Waals surface area contributed by atoms with Crippen molar-refractivity contribution < 1.29 is 0 Å². The van der Waals surface area contributed by atoms with Crippen LogP contribution in [0.1, 0.15) is 25.1 Å². The number of benzene rings is 1. The van der Waals surface area contributed by atoms with Gasteiger partial charge in [-0.25, -0.2) is 0 Å². The largest absolute Gasteiger partial charge is 0.282 e. The second kappa shape index (κ2) is 4.43. The monoisotopic (exact) mass is 187 g/mol. The number of aromatic amines is 1. The highest BCUT2D eigenvalue weighted by atomic mass is 15.1. The van der Waals surface area contributed by atoms with Gasteiger partial charge in [-0.15, -0.1) is 0 Å². The van der Waals surface area contributed by atoms with Gasteiger partial charge in [0.2, 0.25) is 0 Å². The van der Waals surface area contributed by atoms with Gasteiger partial charge < -0.3 is 0 Å². The lowest BCUT2D eigenvalue weighted by atomic mass is 10.1. The first-order chi connectivity index (χ1) is 6.81. The fraction of sp³-hybridized carbons (Fsp3) is 0.273. The first-order valence-electron chi connectivity index (χ1n) is 4.66. The van der Waals surface area contributed by atoms with Crippen molar-refractivity contribution in [3.05, 3.63) is 29.5 Å². The van der Waals surface area contributed by atoms with E-state index >= 15 is 0 Å². The van der Waals surface area contributed by atoms with Crippen LogP contribution in [0, 0.1) is 18.3 Å². The topological polar surface area (TPSA) is 52.5 Å². The van der Waals surface area contributed by atoms with Crippen LogP contribution in [0.3, 0.4) is 0 Å². The molecule has 0 fully saturated rings. The third-order valence-electron chi connectivity index (χ3n) is 1.87. The molecule has 0 bridgehead atoms. The van der Waals surface area contributed by atoms with E-state index < -0.39 is 0 Å². The van der Waals surface area contributed by atoms with E-state index in [2.05, 4.69) is 16.3 Å². The van der Waals surface area contributed by atoms with Crippen molar-refractivity contribution in [2.45, 2.75) is 20.8 Å². The Morgan fingerprint density at radius 1 is 1.36 bits per heavy atom. The predicted octanol–water partition coefficient (Wildman–Crippen LogP) is 2.77. The second-order valence-electron chi connectivity index (χ2n) is 2.69. The fourth-order valence-electron chi connectivity index (χ4n) is 1.22. The van der Waals surface area contributed by atoms with E-state index in [0.717, 1.165) is 16.6 Å². The summed E-state index contributed by atoms with van der Waals surface area (Å²) in [6, 6.07) is 7.56. The molecule has 1 aromatic heterocycles. The van der Waals surface area contributed by atoms with Crippen LogP contribution >= 0.6 is 0 Å². The summed E-state index contributed by atoms with van der Waals surface area (Å²) in [5.74, 6) is 0. The summed E-state index contributed by atoms with van der Waals surface area (Å²) in [6.45, 7) is 5.96. The normalized spacial score (nSPS) is 9.00. The third-order valence-corrected chi connectivity index (χ3v) is 1.87. The van der Waals surface area contributed by atoms with Gasteiger partial charge >= 0.3 is 0 Å². The van der Waals surface area contributed by atoms with E-state index in [1.54, 1.807) is 12.1 Å². The van der Waals surface area contributed by atoms with Crippen LogP contribution in [0.5, 0.6) is 0 Å². The van der Waals surface area contributed by atoms with Crippen LogP contribution < -0.4 is 0 Å². The lowest BCUT2D eigenvalue weighted by Gasteiger charge is -1.88. The minimum Gasteiger partial charge on any atom is -0.282 e. The van der Waals surface area contributed by atoms with E-state index in [4.69, 9.17) is 5.26 Å². The van der Waals surface area contributed by atoms with Gasteiger partial charge in [-0.2, -0.15) is 10.4 Å². The molecule has 0 aliphatic heterocycles. The first-order valence-corrected chi connectivity index (χ1v) is 4.66. The van der Waals surface area contributed by atoms with Crippen molar-refractivity contribution in [2.75, 3.05) is 0 Å². The van der Waals surface area contributed by atoms with Crippen LogP contribution in [-0.4, -0.2) is 10.2 Å². The van der Waals surface area contributed by atoms with Gasteiger partial charge in [-0.3, -0.25) is 5.10 Å². The SMILES string of the molecule is CC.Cc1[nH]nc2cc(C#N)ccc12. The molecule has 14 heavy (non-hydrogen) atoms. The maximum atomic E-state index is 8.62. The van der Waals surface area contributed by atoms with Gasteiger partial charge in [-0.1, -0.05) is 13.8 Å². The quantitative estimate of drug-likeness (QED) is 0.689. The number of hydrogen-bond donors (Lipinski definition) is 1. The van der Waals surface area contributed by atoms with Gasteiger partial charge in [0, 0.05) is 11.1 Å². The number of hydrogen-bond acceptors (Lipinski definition) is 2. The fourth-order valence-corrected chi connectivity index (χ4v) is 1.22. The molecule has 0 saturated heterocycles. The van der Waals surface area contributed by atoms with Crippen molar-refractivity contribution in [1.82, 2.24) is 10.2 Å². The average Bonchev–Trinajstić information content (AvgIpc) is 2.63. The zero-order chi connectivity index (χ0) is 10.6. The second-order valence-corrected chi connectivity index (χ2v) is 2.69. The highest BCUT2D eigenvalue weighted by Gasteiger charge is 2.00. The molecule has 3 nitrogen and oxygen atoms in total. The minimum absolute atomic E-state index is 0.647. The Hall–Kier alpha value is -1.82. The Bertz CT molecular complexity index is 463. The van der Waals surface area contributed by atoms with Crippen LogP contribution in [-0.2, 0) is 0 Å². The first kappa shape index (κ1) is 10.3. The van der Waals surface area contributed by atoms with Gasteiger partial charge in [0.25, 0.3) is 0 Å². The number of H-pyrrole nitrogens is 1. The molecule has 2 rings (SSSR count). The summed E-state index contributed by atoms with van der Waals surface area (Å²) < 4.78 is 0. The molecule has 1 heterocycles. The van der Waals surface area contributed by atoms with Crippen molar-refractivity contribution in [2.24, 2.45) is 0 Å². The minimum atomic E-state index is 0.647. The zero-order valence-electron chi connectivity index (χ0n) is 8.63. The maximum absolute atomic E-state index is 8.62. The number of nitriles is 1. The summed E-state index contributed by atoms with van der Waals surface area (Å²) in [5.41, 5.74) is 2.54. The molecular formula is C11H13N3. The number of aromatic nitrogens is 2. The smallest absolute Gasteiger partial charge is 0.0992 e. The van der Waals surface area contributed by atoms with Crippen LogP contribution in [0.4, 0.5) is 0 Å². The van der Waals surface area contributed by atoms with Crippen molar-refractivity contribution in [3.63, 3.8) is 0 Å². The van der Waals surface area contributed by atoms with E-state index in [1.165, 1.54) is 0 Å². The predicted molar refractivity (Wildman–Crippen MR) is 56.9 cm³/mol. The Morgan fingerprint density at radius 2 is 2.07 bits per heavy atom. The van der Waals surface area contributed by atoms with Crippen molar-refractivity contribution in [3.8, 4) is 6.07 Å². The molecular weight excluding hydrogens is 174 g/mol. The molecule has 1 aromatic carbocycles. The Kier molecular flexibility index (Phi) is 3.24.